The van der Waals surface area contributed by atoms with Gasteiger partial charge in [-0.1, -0.05) is 91.0 Å². The molecule has 174 valence electrons. The van der Waals surface area contributed by atoms with Crippen LogP contribution in [-0.2, 0) is 19.4 Å². The molecule has 35 heavy (non-hydrogen) atoms. The second-order valence-electron chi connectivity index (χ2n) is 8.71. The number of rotatable bonds is 10. The third-order valence-corrected chi connectivity index (χ3v) is 6.28. The maximum atomic E-state index is 6.13. The highest BCUT2D eigenvalue weighted by Crippen LogP contribution is 2.23. The average Bonchev–Trinajstić information content (AvgIpc) is 3.25. The molecule has 0 amide bonds. The van der Waals surface area contributed by atoms with Gasteiger partial charge in [0.1, 0.15) is 11.6 Å². The molecule has 0 atom stereocenters. The van der Waals surface area contributed by atoms with Gasteiger partial charge in [0, 0.05) is 13.0 Å². The van der Waals surface area contributed by atoms with Crippen LogP contribution in [0.25, 0.3) is 22.2 Å². The Morgan fingerprint density at radius 1 is 0.771 bits per heavy atom. The molecule has 0 saturated heterocycles. The number of imidazole rings is 1. The van der Waals surface area contributed by atoms with E-state index in [1.54, 1.807) is 0 Å². The molecule has 0 N–H and O–H groups in total. The van der Waals surface area contributed by atoms with Gasteiger partial charge in [-0.25, -0.2) is 4.98 Å². The molecule has 3 heteroatoms. The predicted octanol–water partition coefficient (Wildman–Crippen LogP) is 7.49. The van der Waals surface area contributed by atoms with Crippen LogP contribution >= 0.6 is 0 Å². The fourth-order valence-corrected chi connectivity index (χ4v) is 4.51. The molecule has 0 unspecified atom stereocenters. The minimum absolute atomic E-state index is 0.659. The summed E-state index contributed by atoms with van der Waals surface area (Å²) in [5.74, 6) is 2.03. The Labute approximate surface area is 207 Å². The molecule has 0 bridgehead atoms. The van der Waals surface area contributed by atoms with Crippen LogP contribution in [0.3, 0.4) is 0 Å². The largest absolute Gasteiger partial charge is 0.493 e. The Kier molecular flexibility index (Phi) is 7.05. The number of benzene rings is 4. The Morgan fingerprint density at radius 3 is 2.31 bits per heavy atom. The topological polar surface area (TPSA) is 27.1 Å². The zero-order valence-electron chi connectivity index (χ0n) is 19.9. The Morgan fingerprint density at radius 2 is 1.49 bits per heavy atom. The monoisotopic (exact) mass is 458 g/mol. The normalized spacial score (nSPS) is 11.0. The minimum atomic E-state index is 0.659. The van der Waals surface area contributed by atoms with E-state index in [1.165, 1.54) is 27.8 Å². The van der Waals surface area contributed by atoms with Crippen molar-refractivity contribution in [2.24, 2.45) is 0 Å². The molecule has 0 spiro atoms. The maximum absolute atomic E-state index is 6.13. The van der Waals surface area contributed by atoms with Crippen molar-refractivity contribution in [3.8, 4) is 16.9 Å². The van der Waals surface area contributed by atoms with Gasteiger partial charge in [0.15, 0.2) is 0 Å². The SMILES string of the molecule is C=CCc1ccccc1OCCCn1c(Cc2ccc(-c3ccccc3)cc2)nc2ccccc21. The molecule has 0 saturated carbocycles. The molecule has 4 aromatic carbocycles. The van der Waals surface area contributed by atoms with Gasteiger partial charge >= 0.3 is 0 Å². The summed E-state index contributed by atoms with van der Waals surface area (Å²) in [4.78, 5) is 4.97. The van der Waals surface area contributed by atoms with Gasteiger partial charge in [0.2, 0.25) is 0 Å². The molecule has 0 aliphatic rings. The van der Waals surface area contributed by atoms with E-state index in [4.69, 9.17) is 9.72 Å². The van der Waals surface area contributed by atoms with E-state index in [0.717, 1.165) is 42.9 Å². The highest BCUT2D eigenvalue weighted by Gasteiger charge is 2.11. The third kappa shape index (κ3) is 5.36. The van der Waals surface area contributed by atoms with Crippen molar-refractivity contribution in [3.05, 3.63) is 133 Å². The molecule has 0 radical (unpaired) electrons. The van der Waals surface area contributed by atoms with Crippen molar-refractivity contribution in [2.75, 3.05) is 6.61 Å². The van der Waals surface area contributed by atoms with Gasteiger partial charge in [-0.15, -0.1) is 6.58 Å². The number of hydrogen-bond donors (Lipinski definition) is 0. The number of para-hydroxylation sites is 3. The lowest BCUT2D eigenvalue weighted by molar-refractivity contribution is 0.299. The van der Waals surface area contributed by atoms with Crippen LogP contribution in [0.15, 0.2) is 116 Å². The molecular weight excluding hydrogens is 428 g/mol. The molecule has 0 aliphatic heterocycles. The van der Waals surface area contributed by atoms with Crippen LogP contribution in [-0.4, -0.2) is 16.2 Å². The Balaban J connectivity index is 1.30. The first-order valence-corrected chi connectivity index (χ1v) is 12.2. The number of fused-ring (bicyclic) bond motifs is 1. The van der Waals surface area contributed by atoms with Crippen LogP contribution in [0.2, 0.25) is 0 Å². The third-order valence-electron chi connectivity index (χ3n) is 6.28. The summed E-state index contributed by atoms with van der Waals surface area (Å²) in [5.41, 5.74) is 7.12. The first kappa shape index (κ1) is 22.7. The van der Waals surface area contributed by atoms with E-state index in [9.17, 15) is 0 Å². The molecule has 0 aliphatic carbocycles. The zero-order chi connectivity index (χ0) is 23.9. The van der Waals surface area contributed by atoms with Gasteiger partial charge < -0.3 is 9.30 Å². The van der Waals surface area contributed by atoms with Crippen molar-refractivity contribution in [1.29, 1.82) is 0 Å². The standard InChI is InChI=1S/C32H30N2O/c1-2-11-28-14-6-9-17-31(28)35-23-10-22-34-30-16-8-7-15-29(30)33-32(34)24-25-18-20-27(21-19-25)26-12-4-3-5-13-26/h2-9,12-21H,1,10-11,22-24H2. The molecule has 5 rings (SSSR count). The van der Waals surface area contributed by atoms with Crippen LogP contribution in [0, 0.1) is 0 Å². The number of hydrogen-bond acceptors (Lipinski definition) is 2. The average molecular weight is 459 g/mol. The van der Waals surface area contributed by atoms with E-state index in [-0.39, 0.29) is 0 Å². The Hall–Kier alpha value is -4.11. The summed E-state index contributed by atoms with van der Waals surface area (Å²) in [6.45, 7) is 5.38. The molecule has 1 aromatic heterocycles. The lowest BCUT2D eigenvalue weighted by Crippen LogP contribution is -2.09. The summed E-state index contributed by atoms with van der Waals surface area (Å²) in [6, 6.07) is 35.9. The smallest absolute Gasteiger partial charge is 0.122 e. The second kappa shape index (κ2) is 10.9. The van der Waals surface area contributed by atoms with Crippen molar-refractivity contribution in [1.82, 2.24) is 9.55 Å². The van der Waals surface area contributed by atoms with Crippen molar-refractivity contribution in [2.45, 2.75) is 25.8 Å². The molecule has 0 fully saturated rings. The summed E-state index contributed by atoms with van der Waals surface area (Å²) in [6.07, 6.45) is 4.43. The number of aryl methyl sites for hydroxylation is 1. The van der Waals surface area contributed by atoms with E-state index >= 15 is 0 Å². The lowest BCUT2D eigenvalue weighted by Gasteiger charge is -2.13. The van der Waals surface area contributed by atoms with Crippen molar-refractivity contribution < 1.29 is 4.74 Å². The summed E-state index contributed by atoms with van der Waals surface area (Å²) in [7, 11) is 0. The van der Waals surface area contributed by atoms with Crippen molar-refractivity contribution >= 4 is 11.0 Å². The van der Waals surface area contributed by atoms with Crippen LogP contribution < -0.4 is 4.74 Å². The van der Waals surface area contributed by atoms with Crippen LogP contribution in [0.4, 0.5) is 0 Å². The maximum Gasteiger partial charge on any atom is 0.122 e. The quantitative estimate of drug-likeness (QED) is 0.160. The van der Waals surface area contributed by atoms with E-state index in [2.05, 4.69) is 90.0 Å². The highest BCUT2D eigenvalue weighted by molar-refractivity contribution is 5.76. The molecule has 1 heterocycles. The molecular formula is C32H30N2O. The van der Waals surface area contributed by atoms with E-state index in [1.807, 2.05) is 30.3 Å². The first-order valence-electron chi connectivity index (χ1n) is 12.2. The number of aromatic nitrogens is 2. The summed E-state index contributed by atoms with van der Waals surface area (Å²) < 4.78 is 8.48. The Bertz CT molecular complexity index is 1400. The van der Waals surface area contributed by atoms with Crippen molar-refractivity contribution in [3.63, 3.8) is 0 Å². The number of ether oxygens (including phenoxy) is 1. The predicted molar refractivity (Wildman–Crippen MR) is 145 cm³/mol. The van der Waals surface area contributed by atoms with E-state index in [0.29, 0.717) is 6.61 Å². The second-order valence-corrected chi connectivity index (χ2v) is 8.71. The summed E-state index contributed by atoms with van der Waals surface area (Å²) >= 11 is 0. The van der Waals surface area contributed by atoms with Crippen LogP contribution in [0.5, 0.6) is 5.75 Å². The fraction of sp³-hybridized carbons (Fsp3) is 0.156. The van der Waals surface area contributed by atoms with Gasteiger partial charge in [0.25, 0.3) is 0 Å². The highest BCUT2D eigenvalue weighted by atomic mass is 16.5. The lowest BCUT2D eigenvalue weighted by atomic mass is 10.0. The van der Waals surface area contributed by atoms with Crippen LogP contribution in [0.1, 0.15) is 23.4 Å². The van der Waals surface area contributed by atoms with Gasteiger partial charge in [0.05, 0.1) is 17.6 Å². The zero-order valence-corrected chi connectivity index (χ0v) is 19.9. The summed E-state index contributed by atoms with van der Waals surface area (Å²) in [5, 5.41) is 0. The van der Waals surface area contributed by atoms with Gasteiger partial charge in [-0.2, -0.15) is 0 Å². The number of allylic oxidation sites excluding steroid dienone is 1. The molecule has 3 nitrogen and oxygen atoms in total. The van der Waals surface area contributed by atoms with E-state index < -0.39 is 0 Å². The fourth-order valence-electron chi connectivity index (χ4n) is 4.51. The van der Waals surface area contributed by atoms with Gasteiger partial charge in [-0.05, 0) is 53.3 Å². The number of nitrogens with zero attached hydrogens (tertiary/aromatic N) is 2. The van der Waals surface area contributed by atoms with Gasteiger partial charge in [-0.3, -0.25) is 0 Å². The first-order chi connectivity index (χ1) is 17.3. The minimum Gasteiger partial charge on any atom is -0.493 e. The molecule has 5 aromatic rings.